The largest absolute Gasteiger partial charge is 0.491 e. The number of anilines is 1. The molecule has 114 valence electrons. The summed E-state index contributed by atoms with van der Waals surface area (Å²) < 4.78 is 5.65. The molecule has 1 aromatic rings. The monoisotopic (exact) mass is 291 g/mol. The molecule has 6 heteroatoms. The highest BCUT2D eigenvalue weighted by Crippen LogP contribution is 2.32. The number of oxime groups is 1. The van der Waals surface area contributed by atoms with Crippen molar-refractivity contribution in [3.05, 3.63) is 24.3 Å². The Morgan fingerprint density at radius 1 is 1.43 bits per heavy atom. The molecule has 1 aliphatic rings. The Hall–Kier alpha value is -2.24. The number of amides is 1. The summed E-state index contributed by atoms with van der Waals surface area (Å²) in [5.41, 5.74) is 6.44. The number of fused-ring (bicyclic) bond motifs is 1. The minimum absolute atomic E-state index is 0.0577. The first-order valence-electron chi connectivity index (χ1n) is 7.07. The van der Waals surface area contributed by atoms with E-state index in [1.54, 1.807) is 4.90 Å². The van der Waals surface area contributed by atoms with Gasteiger partial charge in [0.15, 0.2) is 5.84 Å². The number of carbonyl (C=O) groups is 1. The van der Waals surface area contributed by atoms with Crippen LogP contribution >= 0.6 is 0 Å². The number of amidine groups is 1. The van der Waals surface area contributed by atoms with Crippen molar-refractivity contribution >= 4 is 17.4 Å². The SMILES string of the molecule is CC(C)C(C(=O)N1CCCOc2ccccc21)/C(N)=N/O. The first-order chi connectivity index (χ1) is 10.1. The van der Waals surface area contributed by atoms with Gasteiger partial charge in [-0.3, -0.25) is 4.79 Å². The normalized spacial score (nSPS) is 16.9. The predicted molar refractivity (Wildman–Crippen MR) is 80.6 cm³/mol. The standard InChI is InChI=1S/C15H21N3O3/c1-10(2)13(14(16)17-20)15(19)18-8-5-9-21-12-7-4-3-6-11(12)18/h3-4,6-7,10,13,20H,5,8-9H2,1-2H3,(H2,16,17). The van der Waals surface area contributed by atoms with Gasteiger partial charge in [0.1, 0.15) is 11.7 Å². The topological polar surface area (TPSA) is 88.2 Å². The lowest BCUT2D eigenvalue weighted by Gasteiger charge is -2.28. The molecule has 1 aliphatic heterocycles. The van der Waals surface area contributed by atoms with Gasteiger partial charge in [0.25, 0.3) is 0 Å². The van der Waals surface area contributed by atoms with Crippen molar-refractivity contribution in [1.82, 2.24) is 0 Å². The van der Waals surface area contributed by atoms with Crippen LogP contribution in [0.1, 0.15) is 20.3 Å². The maximum absolute atomic E-state index is 12.9. The lowest BCUT2D eigenvalue weighted by Crippen LogP contribution is -2.44. The summed E-state index contributed by atoms with van der Waals surface area (Å²) in [6.07, 6.45) is 0.738. The quantitative estimate of drug-likeness (QED) is 0.385. The van der Waals surface area contributed by atoms with E-state index >= 15 is 0 Å². The van der Waals surface area contributed by atoms with Crippen LogP contribution in [0.25, 0.3) is 0 Å². The Bertz CT molecular complexity index is 543. The van der Waals surface area contributed by atoms with E-state index in [9.17, 15) is 4.79 Å². The van der Waals surface area contributed by atoms with Crippen LogP contribution in [-0.4, -0.2) is 30.1 Å². The van der Waals surface area contributed by atoms with Crippen LogP contribution in [0.15, 0.2) is 29.4 Å². The maximum Gasteiger partial charge on any atom is 0.238 e. The number of carbonyl (C=O) groups excluding carboxylic acids is 1. The summed E-state index contributed by atoms with van der Waals surface area (Å²) >= 11 is 0. The fraction of sp³-hybridized carbons (Fsp3) is 0.467. The molecule has 0 aromatic heterocycles. The highest BCUT2D eigenvalue weighted by atomic mass is 16.5. The van der Waals surface area contributed by atoms with Gasteiger partial charge < -0.3 is 20.6 Å². The first-order valence-corrected chi connectivity index (χ1v) is 7.07. The third kappa shape index (κ3) is 3.09. The maximum atomic E-state index is 12.9. The van der Waals surface area contributed by atoms with Crippen molar-refractivity contribution in [1.29, 1.82) is 0 Å². The van der Waals surface area contributed by atoms with Crippen molar-refractivity contribution < 1.29 is 14.7 Å². The summed E-state index contributed by atoms with van der Waals surface area (Å²) in [6.45, 7) is 4.87. The Labute approximate surface area is 124 Å². The molecule has 0 aliphatic carbocycles. The third-order valence-electron chi connectivity index (χ3n) is 3.57. The lowest BCUT2D eigenvalue weighted by molar-refractivity contribution is -0.121. The van der Waals surface area contributed by atoms with Crippen molar-refractivity contribution in [2.24, 2.45) is 22.7 Å². The minimum Gasteiger partial charge on any atom is -0.491 e. The summed E-state index contributed by atoms with van der Waals surface area (Å²) in [5.74, 6) is -0.257. The summed E-state index contributed by atoms with van der Waals surface area (Å²) in [6, 6.07) is 7.43. The number of rotatable bonds is 3. The Kier molecular flexibility index (Phi) is 4.67. The molecule has 0 radical (unpaired) electrons. The number of hydrogen-bond acceptors (Lipinski definition) is 4. The van der Waals surface area contributed by atoms with Crippen LogP contribution in [-0.2, 0) is 4.79 Å². The number of ether oxygens (including phenoxy) is 1. The second-order valence-electron chi connectivity index (χ2n) is 5.41. The molecule has 3 N–H and O–H groups in total. The summed E-state index contributed by atoms with van der Waals surface area (Å²) in [7, 11) is 0. The smallest absolute Gasteiger partial charge is 0.238 e. The first kappa shape index (κ1) is 15.2. The molecule has 1 atom stereocenters. The van der Waals surface area contributed by atoms with E-state index in [0.717, 1.165) is 12.1 Å². The van der Waals surface area contributed by atoms with Crippen LogP contribution in [0.4, 0.5) is 5.69 Å². The Balaban J connectivity index is 2.38. The third-order valence-corrected chi connectivity index (χ3v) is 3.57. The van der Waals surface area contributed by atoms with E-state index < -0.39 is 5.92 Å². The molecular weight excluding hydrogens is 270 g/mol. The number of para-hydroxylation sites is 2. The van der Waals surface area contributed by atoms with E-state index in [1.165, 1.54) is 0 Å². The number of benzene rings is 1. The van der Waals surface area contributed by atoms with Crippen molar-refractivity contribution in [3.8, 4) is 5.75 Å². The highest BCUT2D eigenvalue weighted by Gasteiger charge is 2.33. The van der Waals surface area contributed by atoms with E-state index in [2.05, 4.69) is 5.16 Å². The van der Waals surface area contributed by atoms with Gasteiger partial charge in [-0.25, -0.2) is 0 Å². The van der Waals surface area contributed by atoms with E-state index in [0.29, 0.717) is 18.9 Å². The average molecular weight is 291 g/mol. The van der Waals surface area contributed by atoms with Crippen LogP contribution in [0, 0.1) is 11.8 Å². The number of nitrogens with two attached hydrogens (primary N) is 1. The molecule has 1 unspecified atom stereocenters. The van der Waals surface area contributed by atoms with Gasteiger partial charge in [-0.1, -0.05) is 31.1 Å². The van der Waals surface area contributed by atoms with E-state index in [4.69, 9.17) is 15.7 Å². The van der Waals surface area contributed by atoms with Gasteiger partial charge in [0.05, 0.1) is 12.3 Å². The van der Waals surface area contributed by atoms with Gasteiger partial charge in [-0.15, -0.1) is 0 Å². The Morgan fingerprint density at radius 2 is 2.14 bits per heavy atom. The van der Waals surface area contributed by atoms with Crippen LogP contribution < -0.4 is 15.4 Å². The predicted octanol–water partition coefficient (Wildman–Crippen LogP) is 1.82. The molecular formula is C15H21N3O3. The zero-order chi connectivity index (χ0) is 15.4. The molecule has 1 aromatic carbocycles. The van der Waals surface area contributed by atoms with Gasteiger partial charge in [0.2, 0.25) is 5.91 Å². The van der Waals surface area contributed by atoms with Crippen LogP contribution in [0.3, 0.4) is 0 Å². The molecule has 1 amide bonds. The van der Waals surface area contributed by atoms with E-state index in [1.807, 2.05) is 38.1 Å². The molecule has 2 rings (SSSR count). The molecule has 0 fully saturated rings. The van der Waals surface area contributed by atoms with Gasteiger partial charge in [-0.05, 0) is 24.5 Å². The Morgan fingerprint density at radius 3 is 2.81 bits per heavy atom. The number of hydrogen-bond donors (Lipinski definition) is 2. The minimum atomic E-state index is -0.652. The second-order valence-corrected chi connectivity index (χ2v) is 5.41. The number of nitrogens with zero attached hydrogens (tertiary/aromatic N) is 2. The van der Waals surface area contributed by atoms with Crippen molar-refractivity contribution in [3.63, 3.8) is 0 Å². The zero-order valence-corrected chi connectivity index (χ0v) is 12.3. The van der Waals surface area contributed by atoms with Gasteiger partial charge >= 0.3 is 0 Å². The van der Waals surface area contributed by atoms with Crippen molar-refractivity contribution in [2.45, 2.75) is 20.3 Å². The molecule has 0 saturated carbocycles. The summed E-state index contributed by atoms with van der Waals surface area (Å²) in [4.78, 5) is 14.5. The average Bonchev–Trinajstić information content (AvgIpc) is 2.69. The van der Waals surface area contributed by atoms with Gasteiger partial charge in [0, 0.05) is 6.54 Å². The molecule has 6 nitrogen and oxygen atoms in total. The van der Waals surface area contributed by atoms with Crippen LogP contribution in [0.5, 0.6) is 5.75 Å². The fourth-order valence-electron chi connectivity index (χ4n) is 2.54. The molecule has 0 bridgehead atoms. The molecule has 0 saturated heterocycles. The zero-order valence-electron chi connectivity index (χ0n) is 12.3. The molecule has 1 heterocycles. The lowest BCUT2D eigenvalue weighted by atomic mass is 9.93. The van der Waals surface area contributed by atoms with Crippen molar-refractivity contribution in [2.75, 3.05) is 18.1 Å². The molecule has 21 heavy (non-hydrogen) atoms. The second kappa shape index (κ2) is 6.47. The highest BCUT2D eigenvalue weighted by molar-refractivity contribution is 6.09. The fourth-order valence-corrected chi connectivity index (χ4v) is 2.54. The van der Waals surface area contributed by atoms with E-state index in [-0.39, 0.29) is 17.7 Å². The summed E-state index contributed by atoms with van der Waals surface area (Å²) in [5, 5.41) is 11.9. The van der Waals surface area contributed by atoms with Crippen LogP contribution in [0.2, 0.25) is 0 Å². The van der Waals surface area contributed by atoms with Gasteiger partial charge in [-0.2, -0.15) is 0 Å². The molecule has 0 spiro atoms.